The van der Waals surface area contributed by atoms with Gasteiger partial charge in [0.15, 0.2) is 0 Å². The Morgan fingerprint density at radius 3 is 2.48 bits per heavy atom. The Labute approximate surface area is 129 Å². The van der Waals surface area contributed by atoms with E-state index in [1.54, 1.807) is 18.2 Å². The second-order valence-corrected chi connectivity index (χ2v) is 5.48. The molecule has 0 atom stereocenters. The number of hydrogen-bond acceptors (Lipinski definition) is 3. The van der Waals surface area contributed by atoms with Gasteiger partial charge in [0.25, 0.3) is 0 Å². The first kappa shape index (κ1) is 15.4. The molecular formula is C17H18O3S. The van der Waals surface area contributed by atoms with Gasteiger partial charge in [-0.15, -0.1) is 11.8 Å². The largest absolute Gasteiger partial charge is 0.478 e. The van der Waals surface area contributed by atoms with E-state index in [9.17, 15) is 9.90 Å². The summed E-state index contributed by atoms with van der Waals surface area (Å²) in [6.45, 7) is 2.14. The minimum atomic E-state index is -0.974. The van der Waals surface area contributed by atoms with Crippen LogP contribution in [0.4, 0.5) is 0 Å². The molecule has 0 aliphatic rings. The van der Waals surface area contributed by atoms with Gasteiger partial charge in [-0.3, -0.25) is 0 Å². The van der Waals surface area contributed by atoms with E-state index >= 15 is 0 Å². The fourth-order valence-electron chi connectivity index (χ4n) is 2.12. The summed E-state index contributed by atoms with van der Waals surface area (Å²) >= 11 is 1.40. The van der Waals surface area contributed by atoms with Crippen molar-refractivity contribution in [2.24, 2.45) is 0 Å². The molecule has 1 N–H and O–H groups in total. The molecule has 0 heterocycles. The van der Waals surface area contributed by atoms with Crippen LogP contribution in [0.2, 0.25) is 0 Å². The fraction of sp³-hybridized carbons (Fsp3) is 0.235. The number of ether oxygens (including phenoxy) is 1. The van der Waals surface area contributed by atoms with Crippen LogP contribution in [0.15, 0.2) is 47.4 Å². The molecule has 0 unspecified atom stereocenters. The topological polar surface area (TPSA) is 46.5 Å². The van der Waals surface area contributed by atoms with Crippen molar-refractivity contribution >= 4 is 17.7 Å². The van der Waals surface area contributed by atoms with Gasteiger partial charge < -0.3 is 9.84 Å². The summed E-state index contributed by atoms with van der Waals surface area (Å²) in [5.41, 5.74) is 1.46. The molecule has 0 amide bonds. The van der Waals surface area contributed by atoms with Gasteiger partial charge in [0.2, 0.25) is 0 Å². The number of carboxylic acids is 1. The monoisotopic (exact) mass is 302 g/mol. The lowest BCUT2D eigenvalue weighted by Gasteiger charge is -2.11. The maximum Gasteiger partial charge on any atom is 0.340 e. The predicted octanol–water partition coefficient (Wildman–Crippen LogP) is 4.85. The van der Waals surface area contributed by atoms with Gasteiger partial charge in [-0.25, -0.2) is 4.79 Å². The minimum Gasteiger partial charge on any atom is -0.478 e. The quantitative estimate of drug-likeness (QED) is 0.775. The van der Waals surface area contributed by atoms with Gasteiger partial charge in [-0.05, 0) is 42.5 Å². The van der Waals surface area contributed by atoms with Crippen LogP contribution in [0.1, 0.15) is 29.3 Å². The number of carboxylic acid groups (broad SMARTS) is 1. The zero-order chi connectivity index (χ0) is 15.2. The molecule has 0 aliphatic carbocycles. The first-order chi connectivity index (χ1) is 10.2. The number of hydrogen-bond donors (Lipinski definition) is 1. The van der Waals surface area contributed by atoms with Crippen molar-refractivity contribution in [3.05, 3.63) is 53.6 Å². The Balaban J connectivity index is 2.28. The van der Waals surface area contributed by atoms with Crippen LogP contribution in [0, 0.1) is 0 Å². The molecule has 0 aromatic heterocycles. The molecule has 2 aromatic rings. The second-order valence-electron chi connectivity index (χ2n) is 4.63. The molecule has 2 rings (SSSR count). The van der Waals surface area contributed by atoms with Gasteiger partial charge in [0.05, 0.1) is 0 Å². The molecule has 0 bridgehead atoms. The highest BCUT2D eigenvalue weighted by atomic mass is 32.2. The van der Waals surface area contributed by atoms with Crippen molar-refractivity contribution in [3.63, 3.8) is 0 Å². The minimum absolute atomic E-state index is 0.211. The SMILES string of the molecule is CCCc1ccc(Oc2cccc(SC)c2C(=O)O)cc1. The van der Waals surface area contributed by atoms with Crippen molar-refractivity contribution < 1.29 is 14.6 Å². The van der Waals surface area contributed by atoms with E-state index in [0.717, 1.165) is 12.8 Å². The summed E-state index contributed by atoms with van der Waals surface area (Å²) < 4.78 is 5.75. The van der Waals surface area contributed by atoms with Gasteiger partial charge in [0, 0.05) is 4.90 Å². The third-order valence-corrected chi connectivity index (χ3v) is 3.89. The number of benzene rings is 2. The molecule has 110 valence electrons. The zero-order valence-corrected chi connectivity index (χ0v) is 12.9. The first-order valence-corrected chi connectivity index (χ1v) is 8.05. The van der Waals surface area contributed by atoms with E-state index in [2.05, 4.69) is 6.92 Å². The summed E-state index contributed by atoms with van der Waals surface area (Å²) in [5.74, 6) is 0.0470. The third kappa shape index (κ3) is 3.79. The number of aromatic carboxylic acids is 1. The molecule has 0 saturated carbocycles. The van der Waals surface area contributed by atoms with Crippen molar-refractivity contribution in [2.75, 3.05) is 6.26 Å². The van der Waals surface area contributed by atoms with Gasteiger partial charge in [-0.2, -0.15) is 0 Å². The third-order valence-electron chi connectivity index (χ3n) is 3.11. The molecule has 21 heavy (non-hydrogen) atoms. The summed E-state index contributed by atoms with van der Waals surface area (Å²) in [7, 11) is 0. The van der Waals surface area contributed by atoms with Crippen LogP contribution in [0.3, 0.4) is 0 Å². The second kappa shape index (κ2) is 7.18. The number of thioether (sulfide) groups is 1. The maximum absolute atomic E-state index is 11.4. The van der Waals surface area contributed by atoms with Gasteiger partial charge >= 0.3 is 5.97 Å². The molecule has 2 aromatic carbocycles. The molecule has 0 spiro atoms. The Morgan fingerprint density at radius 2 is 1.90 bits per heavy atom. The molecule has 0 saturated heterocycles. The number of rotatable bonds is 6. The van der Waals surface area contributed by atoms with E-state index in [-0.39, 0.29) is 5.56 Å². The lowest BCUT2D eigenvalue weighted by atomic mass is 10.1. The van der Waals surface area contributed by atoms with E-state index in [1.807, 2.05) is 30.5 Å². The maximum atomic E-state index is 11.4. The van der Waals surface area contributed by atoms with Crippen molar-refractivity contribution in [3.8, 4) is 11.5 Å². The summed E-state index contributed by atoms with van der Waals surface area (Å²) in [5, 5.41) is 9.38. The molecule has 4 heteroatoms. The Kier molecular flexibility index (Phi) is 5.28. The van der Waals surface area contributed by atoms with Crippen LogP contribution in [0.25, 0.3) is 0 Å². The predicted molar refractivity (Wildman–Crippen MR) is 85.7 cm³/mol. The highest BCUT2D eigenvalue weighted by molar-refractivity contribution is 7.98. The first-order valence-electron chi connectivity index (χ1n) is 6.82. The van der Waals surface area contributed by atoms with Crippen molar-refractivity contribution in [1.29, 1.82) is 0 Å². The van der Waals surface area contributed by atoms with Gasteiger partial charge in [0.1, 0.15) is 17.1 Å². The lowest BCUT2D eigenvalue weighted by Crippen LogP contribution is -2.02. The van der Waals surface area contributed by atoms with Crippen LogP contribution in [-0.4, -0.2) is 17.3 Å². The van der Waals surface area contributed by atoms with Crippen LogP contribution < -0.4 is 4.74 Å². The summed E-state index contributed by atoms with van der Waals surface area (Å²) in [6.07, 6.45) is 3.98. The molecular weight excluding hydrogens is 284 g/mol. The summed E-state index contributed by atoms with van der Waals surface area (Å²) in [6, 6.07) is 13.0. The Bertz CT molecular complexity index is 620. The summed E-state index contributed by atoms with van der Waals surface area (Å²) in [4.78, 5) is 12.1. The highest BCUT2D eigenvalue weighted by Crippen LogP contribution is 2.32. The molecule has 3 nitrogen and oxygen atoms in total. The average Bonchev–Trinajstić information content (AvgIpc) is 2.49. The van der Waals surface area contributed by atoms with E-state index in [0.29, 0.717) is 16.4 Å². The van der Waals surface area contributed by atoms with Crippen LogP contribution in [0.5, 0.6) is 11.5 Å². The van der Waals surface area contributed by atoms with E-state index in [4.69, 9.17) is 4.74 Å². The molecule has 0 aliphatic heterocycles. The van der Waals surface area contributed by atoms with Crippen molar-refractivity contribution in [1.82, 2.24) is 0 Å². The smallest absolute Gasteiger partial charge is 0.340 e. The highest BCUT2D eigenvalue weighted by Gasteiger charge is 2.16. The fourth-order valence-corrected chi connectivity index (χ4v) is 2.72. The van der Waals surface area contributed by atoms with Crippen LogP contribution >= 0.6 is 11.8 Å². The standard InChI is InChI=1S/C17H18O3S/c1-3-5-12-8-10-13(11-9-12)20-14-6-4-7-15(21-2)16(14)17(18)19/h4,6-11H,3,5H2,1-2H3,(H,18,19). The van der Waals surface area contributed by atoms with Gasteiger partial charge in [-0.1, -0.05) is 31.5 Å². The number of carbonyl (C=O) groups is 1. The Hall–Kier alpha value is -1.94. The number of aryl methyl sites for hydroxylation is 1. The van der Waals surface area contributed by atoms with Crippen LogP contribution in [-0.2, 0) is 6.42 Å². The van der Waals surface area contributed by atoms with Crippen molar-refractivity contribution in [2.45, 2.75) is 24.7 Å². The molecule has 0 fully saturated rings. The average molecular weight is 302 g/mol. The van der Waals surface area contributed by atoms with E-state index < -0.39 is 5.97 Å². The normalized spacial score (nSPS) is 10.4. The Morgan fingerprint density at radius 1 is 1.19 bits per heavy atom. The van der Waals surface area contributed by atoms with E-state index in [1.165, 1.54) is 17.3 Å². The zero-order valence-electron chi connectivity index (χ0n) is 12.1. The lowest BCUT2D eigenvalue weighted by molar-refractivity contribution is 0.0690. The molecule has 0 radical (unpaired) electrons.